The van der Waals surface area contributed by atoms with Crippen LogP contribution >= 0.6 is 0 Å². The van der Waals surface area contributed by atoms with Crippen LogP contribution in [0.15, 0.2) is 18.2 Å². The van der Waals surface area contributed by atoms with Gasteiger partial charge in [0.2, 0.25) is 5.91 Å². The predicted octanol–water partition coefficient (Wildman–Crippen LogP) is 0.571. The number of benzene rings is 1. The minimum Gasteiger partial charge on any atom is -0.326 e. The molecule has 68 valence electrons. The van der Waals surface area contributed by atoms with Gasteiger partial charge in [0.15, 0.2) is 0 Å². The molecule has 0 saturated carbocycles. The third-order valence-corrected chi connectivity index (χ3v) is 2.04. The molecule has 0 fully saturated rings. The number of amides is 1. The van der Waals surface area contributed by atoms with Gasteiger partial charge in [-0.05, 0) is 17.2 Å². The Labute approximate surface area is 75.6 Å². The standard InChI is InChI=1S/C9H10N2O2/c10-13-5-6-1-2-8-7(3-6)4-9(12)11-8/h1-3H,4-5,10H2,(H,11,12). The fourth-order valence-electron chi connectivity index (χ4n) is 1.47. The SMILES string of the molecule is NOCc1ccc2c(c1)CC(=O)N2. The van der Waals surface area contributed by atoms with Crippen molar-refractivity contribution in [3.8, 4) is 0 Å². The molecule has 1 aliphatic rings. The van der Waals surface area contributed by atoms with Gasteiger partial charge in [-0.2, -0.15) is 0 Å². The maximum Gasteiger partial charge on any atom is 0.228 e. The van der Waals surface area contributed by atoms with Gasteiger partial charge in [-0.15, -0.1) is 0 Å². The van der Waals surface area contributed by atoms with Gasteiger partial charge in [-0.3, -0.25) is 9.63 Å². The van der Waals surface area contributed by atoms with Gasteiger partial charge in [0, 0.05) is 5.69 Å². The Kier molecular flexibility index (Phi) is 2.00. The zero-order valence-electron chi connectivity index (χ0n) is 7.04. The lowest BCUT2D eigenvalue weighted by atomic mass is 10.1. The molecule has 0 spiro atoms. The largest absolute Gasteiger partial charge is 0.326 e. The van der Waals surface area contributed by atoms with Crippen molar-refractivity contribution in [2.45, 2.75) is 13.0 Å². The predicted molar refractivity (Wildman–Crippen MR) is 47.8 cm³/mol. The Morgan fingerprint density at radius 2 is 2.38 bits per heavy atom. The van der Waals surface area contributed by atoms with Gasteiger partial charge < -0.3 is 5.32 Å². The van der Waals surface area contributed by atoms with E-state index in [0.717, 1.165) is 16.8 Å². The maximum atomic E-state index is 11.0. The molecule has 0 saturated heterocycles. The zero-order chi connectivity index (χ0) is 9.26. The van der Waals surface area contributed by atoms with E-state index in [2.05, 4.69) is 10.2 Å². The Morgan fingerprint density at radius 1 is 1.54 bits per heavy atom. The number of carbonyl (C=O) groups excluding carboxylic acids is 1. The number of fused-ring (bicyclic) bond motifs is 1. The smallest absolute Gasteiger partial charge is 0.228 e. The van der Waals surface area contributed by atoms with Crippen molar-refractivity contribution in [1.82, 2.24) is 0 Å². The number of carbonyl (C=O) groups is 1. The topological polar surface area (TPSA) is 64.3 Å². The van der Waals surface area contributed by atoms with Crippen LogP contribution in [-0.4, -0.2) is 5.91 Å². The highest BCUT2D eigenvalue weighted by Gasteiger charge is 2.16. The van der Waals surface area contributed by atoms with E-state index in [1.165, 1.54) is 0 Å². The molecule has 0 atom stereocenters. The fraction of sp³-hybridized carbons (Fsp3) is 0.222. The van der Waals surface area contributed by atoms with Crippen LogP contribution in [-0.2, 0) is 22.7 Å². The monoisotopic (exact) mass is 178 g/mol. The summed E-state index contributed by atoms with van der Waals surface area (Å²) in [6.07, 6.45) is 0.452. The first kappa shape index (κ1) is 8.22. The van der Waals surface area contributed by atoms with Crippen molar-refractivity contribution in [3.63, 3.8) is 0 Å². The molecule has 1 aliphatic heterocycles. The first-order valence-electron chi connectivity index (χ1n) is 4.03. The van der Waals surface area contributed by atoms with E-state index in [-0.39, 0.29) is 5.91 Å². The lowest BCUT2D eigenvalue weighted by Crippen LogP contribution is -2.03. The summed E-state index contributed by atoms with van der Waals surface area (Å²) in [6.45, 7) is 0.376. The molecule has 1 aromatic carbocycles. The summed E-state index contributed by atoms with van der Waals surface area (Å²) in [7, 11) is 0. The van der Waals surface area contributed by atoms with Gasteiger partial charge >= 0.3 is 0 Å². The van der Waals surface area contributed by atoms with E-state index in [4.69, 9.17) is 5.90 Å². The average Bonchev–Trinajstić information content (AvgIpc) is 2.44. The van der Waals surface area contributed by atoms with Crippen LogP contribution < -0.4 is 11.2 Å². The lowest BCUT2D eigenvalue weighted by molar-refractivity contribution is -0.115. The molecule has 0 bridgehead atoms. The zero-order valence-corrected chi connectivity index (χ0v) is 7.04. The molecule has 0 unspecified atom stereocenters. The molecule has 0 aliphatic carbocycles. The van der Waals surface area contributed by atoms with Crippen LogP contribution in [0.1, 0.15) is 11.1 Å². The summed E-state index contributed by atoms with van der Waals surface area (Å²) in [6, 6.07) is 5.69. The first-order chi connectivity index (χ1) is 6.29. The van der Waals surface area contributed by atoms with Crippen LogP contribution in [0.5, 0.6) is 0 Å². The Bertz CT molecular complexity index is 349. The number of hydrogen-bond acceptors (Lipinski definition) is 3. The van der Waals surface area contributed by atoms with Gasteiger partial charge in [-0.1, -0.05) is 12.1 Å². The number of hydrogen-bond donors (Lipinski definition) is 2. The van der Waals surface area contributed by atoms with Crippen molar-refractivity contribution in [2.75, 3.05) is 5.32 Å². The highest BCUT2D eigenvalue weighted by atomic mass is 16.6. The van der Waals surface area contributed by atoms with E-state index < -0.39 is 0 Å². The van der Waals surface area contributed by atoms with Crippen molar-refractivity contribution >= 4 is 11.6 Å². The van der Waals surface area contributed by atoms with E-state index in [1.807, 2.05) is 18.2 Å². The van der Waals surface area contributed by atoms with E-state index in [9.17, 15) is 4.79 Å². The molecule has 0 aromatic heterocycles. The summed E-state index contributed by atoms with van der Waals surface area (Å²) in [5, 5.41) is 2.76. The second-order valence-electron chi connectivity index (χ2n) is 3.03. The van der Waals surface area contributed by atoms with Crippen molar-refractivity contribution in [1.29, 1.82) is 0 Å². The molecule has 13 heavy (non-hydrogen) atoms. The third kappa shape index (κ3) is 1.54. The molecule has 4 heteroatoms. The van der Waals surface area contributed by atoms with Crippen LogP contribution in [0, 0.1) is 0 Å². The molecular formula is C9H10N2O2. The highest BCUT2D eigenvalue weighted by molar-refractivity contribution is 5.99. The van der Waals surface area contributed by atoms with Crippen LogP contribution in [0.2, 0.25) is 0 Å². The van der Waals surface area contributed by atoms with Crippen molar-refractivity contribution in [2.24, 2.45) is 5.90 Å². The molecule has 1 amide bonds. The summed E-state index contributed by atoms with van der Waals surface area (Å²) in [5.41, 5.74) is 2.89. The minimum atomic E-state index is 0.0424. The molecule has 4 nitrogen and oxygen atoms in total. The van der Waals surface area contributed by atoms with Crippen molar-refractivity contribution < 1.29 is 9.63 Å². The molecule has 0 radical (unpaired) electrons. The minimum absolute atomic E-state index is 0.0424. The Hall–Kier alpha value is -1.39. The van der Waals surface area contributed by atoms with Gasteiger partial charge in [0.1, 0.15) is 0 Å². The lowest BCUT2D eigenvalue weighted by Gasteiger charge is -2.01. The highest BCUT2D eigenvalue weighted by Crippen LogP contribution is 2.23. The van der Waals surface area contributed by atoms with E-state index >= 15 is 0 Å². The van der Waals surface area contributed by atoms with Crippen LogP contribution in [0.25, 0.3) is 0 Å². The fourth-order valence-corrected chi connectivity index (χ4v) is 1.47. The van der Waals surface area contributed by atoms with Crippen molar-refractivity contribution in [3.05, 3.63) is 29.3 Å². The average molecular weight is 178 g/mol. The molecule has 2 rings (SSSR count). The molecule has 1 heterocycles. The van der Waals surface area contributed by atoms with Gasteiger partial charge in [-0.25, -0.2) is 5.90 Å². The second-order valence-corrected chi connectivity index (χ2v) is 3.03. The Balaban J connectivity index is 2.29. The van der Waals surface area contributed by atoms with E-state index in [1.54, 1.807) is 0 Å². The summed E-state index contributed by atoms with van der Waals surface area (Å²) < 4.78 is 0. The summed E-state index contributed by atoms with van der Waals surface area (Å²) >= 11 is 0. The quantitative estimate of drug-likeness (QED) is 0.651. The maximum absolute atomic E-state index is 11.0. The number of anilines is 1. The van der Waals surface area contributed by atoms with Crippen LogP contribution in [0.3, 0.4) is 0 Å². The number of rotatable bonds is 2. The molecular weight excluding hydrogens is 168 g/mol. The summed E-state index contributed by atoms with van der Waals surface area (Å²) in [5.74, 6) is 4.99. The summed E-state index contributed by atoms with van der Waals surface area (Å²) in [4.78, 5) is 15.5. The number of nitrogens with one attached hydrogen (secondary N) is 1. The molecule has 1 aromatic rings. The third-order valence-electron chi connectivity index (χ3n) is 2.04. The number of nitrogens with two attached hydrogens (primary N) is 1. The normalized spacial score (nSPS) is 14.1. The first-order valence-corrected chi connectivity index (χ1v) is 4.03. The van der Waals surface area contributed by atoms with Gasteiger partial charge in [0.25, 0.3) is 0 Å². The van der Waals surface area contributed by atoms with Crippen LogP contribution in [0.4, 0.5) is 5.69 Å². The van der Waals surface area contributed by atoms with E-state index in [0.29, 0.717) is 13.0 Å². The van der Waals surface area contributed by atoms with Gasteiger partial charge in [0.05, 0.1) is 13.0 Å². The molecule has 3 N–H and O–H groups in total. The Morgan fingerprint density at radius 3 is 3.15 bits per heavy atom. The second kappa shape index (κ2) is 3.16.